The first-order chi connectivity index (χ1) is 9.49. The van der Waals surface area contributed by atoms with Crippen molar-refractivity contribution in [3.05, 3.63) is 0 Å². The number of aliphatic hydroxyl groups is 1. The highest BCUT2D eigenvalue weighted by Crippen LogP contribution is 2.52. The molecular formula is C17H34N2O. The van der Waals surface area contributed by atoms with Crippen molar-refractivity contribution in [2.45, 2.75) is 64.9 Å². The Morgan fingerprint density at radius 1 is 1.25 bits per heavy atom. The molecule has 0 spiro atoms. The Morgan fingerprint density at radius 2 is 1.90 bits per heavy atom. The molecule has 20 heavy (non-hydrogen) atoms. The van der Waals surface area contributed by atoms with Crippen LogP contribution in [0.4, 0.5) is 0 Å². The molecule has 0 bridgehead atoms. The summed E-state index contributed by atoms with van der Waals surface area (Å²) in [6.45, 7) is 9.38. The van der Waals surface area contributed by atoms with E-state index in [0.717, 1.165) is 50.6 Å². The van der Waals surface area contributed by atoms with Gasteiger partial charge in [0, 0.05) is 24.4 Å². The van der Waals surface area contributed by atoms with Crippen LogP contribution < -0.4 is 11.1 Å². The van der Waals surface area contributed by atoms with Crippen molar-refractivity contribution in [1.82, 2.24) is 5.32 Å². The van der Waals surface area contributed by atoms with Crippen LogP contribution in [0, 0.1) is 23.2 Å². The van der Waals surface area contributed by atoms with E-state index in [-0.39, 0.29) is 5.41 Å². The van der Waals surface area contributed by atoms with Gasteiger partial charge in [-0.05, 0) is 56.9 Å². The molecule has 0 aromatic rings. The highest BCUT2D eigenvalue weighted by atomic mass is 16.3. The Hall–Kier alpha value is -0.120. The van der Waals surface area contributed by atoms with Gasteiger partial charge < -0.3 is 16.2 Å². The zero-order chi connectivity index (χ0) is 14.8. The minimum absolute atomic E-state index is 0.0405. The molecule has 2 rings (SSSR count). The molecule has 1 saturated heterocycles. The molecule has 0 radical (unpaired) electrons. The molecule has 1 aliphatic carbocycles. The Bertz CT molecular complexity index is 310. The molecule has 0 amide bonds. The summed E-state index contributed by atoms with van der Waals surface area (Å²) in [5.41, 5.74) is 5.62. The maximum absolute atomic E-state index is 11.5. The molecular weight excluding hydrogens is 248 g/mol. The molecule has 2 unspecified atom stereocenters. The van der Waals surface area contributed by atoms with E-state index in [9.17, 15) is 5.11 Å². The van der Waals surface area contributed by atoms with Crippen LogP contribution in [-0.2, 0) is 0 Å². The first kappa shape index (κ1) is 16.3. The second-order valence-corrected chi connectivity index (χ2v) is 7.55. The largest absolute Gasteiger partial charge is 0.389 e. The van der Waals surface area contributed by atoms with Crippen LogP contribution in [0.25, 0.3) is 0 Å². The Labute approximate surface area is 124 Å². The fourth-order valence-corrected chi connectivity index (χ4v) is 4.78. The van der Waals surface area contributed by atoms with Gasteiger partial charge in [0.2, 0.25) is 0 Å². The summed E-state index contributed by atoms with van der Waals surface area (Å²) < 4.78 is 0. The van der Waals surface area contributed by atoms with Crippen LogP contribution in [0.1, 0.15) is 59.3 Å². The second kappa shape index (κ2) is 6.33. The second-order valence-electron chi connectivity index (χ2n) is 7.55. The topological polar surface area (TPSA) is 58.3 Å². The van der Waals surface area contributed by atoms with Crippen LogP contribution in [0.3, 0.4) is 0 Å². The molecule has 0 aromatic heterocycles. The summed E-state index contributed by atoms with van der Waals surface area (Å²) in [6, 6.07) is 0. The van der Waals surface area contributed by atoms with Crippen LogP contribution >= 0.6 is 0 Å². The molecule has 1 aliphatic heterocycles. The van der Waals surface area contributed by atoms with E-state index in [0.29, 0.717) is 12.5 Å². The highest BCUT2D eigenvalue weighted by Gasteiger charge is 2.54. The van der Waals surface area contributed by atoms with Gasteiger partial charge in [0.15, 0.2) is 0 Å². The van der Waals surface area contributed by atoms with E-state index < -0.39 is 5.60 Å². The van der Waals surface area contributed by atoms with Gasteiger partial charge in [-0.3, -0.25) is 0 Å². The van der Waals surface area contributed by atoms with Crippen molar-refractivity contribution in [3.63, 3.8) is 0 Å². The van der Waals surface area contributed by atoms with Crippen LogP contribution in [0.2, 0.25) is 0 Å². The standard InChI is InChI=1S/C17H34N2O/c1-4-15-11-19-10-9-17(15,20)16(12-18)7-5-14(6-8-16)13(2)3/h13-15,19-20H,4-12,18H2,1-3H3. The lowest BCUT2D eigenvalue weighted by atomic mass is 9.54. The first-order valence-electron chi connectivity index (χ1n) is 8.62. The van der Waals surface area contributed by atoms with Gasteiger partial charge in [-0.1, -0.05) is 20.8 Å². The third-order valence-corrected chi connectivity index (χ3v) is 6.48. The predicted molar refractivity (Wildman–Crippen MR) is 84.5 cm³/mol. The maximum atomic E-state index is 11.5. The molecule has 2 aliphatic rings. The third-order valence-electron chi connectivity index (χ3n) is 6.48. The summed E-state index contributed by atoms with van der Waals surface area (Å²) >= 11 is 0. The summed E-state index contributed by atoms with van der Waals surface area (Å²) in [5, 5.41) is 15.0. The molecule has 1 heterocycles. The molecule has 3 heteroatoms. The molecule has 2 atom stereocenters. The molecule has 4 N–H and O–H groups in total. The number of hydrogen-bond acceptors (Lipinski definition) is 3. The number of rotatable bonds is 4. The monoisotopic (exact) mass is 282 g/mol. The van der Waals surface area contributed by atoms with Gasteiger partial charge in [-0.25, -0.2) is 0 Å². The van der Waals surface area contributed by atoms with Crippen molar-refractivity contribution in [2.75, 3.05) is 19.6 Å². The number of nitrogens with two attached hydrogens (primary N) is 1. The van der Waals surface area contributed by atoms with Crippen molar-refractivity contribution >= 4 is 0 Å². The van der Waals surface area contributed by atoms with Crippen LogP contribution in [0.5, 0.6) is 0 Å². The van der Waals surface area contributed by atoms with E-state index in [1.165, 1.54) is 12.8 Å². The summed E-state index contributed by atoms with van der Waals surface area (Å²) in [7, 11) is 0. The fourth-order valence-electron chi connectivity index (χ4n) is 4.78. The Morgan fingerprint density at radius 3 is 2.40 bits per heavy atom. The number of hydrogen-bond donors (Lipinski definition) is 3. The lowest BCUT2D eigenvalue weighted by molar-refractivity contribution is -0.158. The molecule has 118 valence electrons. The number of nitrogens with one attached hydrogen (secondary N) is 1. The predicted octanol–water partition coefficient (Wildman–Crippen LogP) is 2.53. The average molecular weight is 282 g/mol. The van der Waals surface area contributed by atoms with Gasteiger partial charge in [0.1, 0.15) is 0 Å². The molecule has 1 saturated carbocycles. The average Bonchev–Trinajstić information content (AvgIpc) is 2.47. The summed E-state index contributed by atoms with van der Waals surface area (Å²) in [6.07, 6.45) is 6.61. The van der Waals surface area contributed by atoms with Gasteiger partial charge in [0.05, 0.1) is 5.60 Å². The van der Waals surface area contributed by atoms with Gasteiger partial charge in [-0.2, -0.15) is 0 Å². The van der Waals surface area contributed by atoms with Crippen molar-refractivity contribution < 1.29 is 5.11 Å². The summed E-state index contributed by atoms with van der Waals surface area (Å²) in [4.78, 5) is 0. The van der Waals surface area contributed by atoms with Crippen LogP contribution in [0.15, 0.2) is 0 Å². The summed E-state index contributed by atoms with van der Waals surface area (Å²) in [5.74, 6) is 1.94. The fraction of sp³-hybridized carbons (Fsp3) is 1.00. The van der Waals surface area contributed by atoms with E-state index in [2.05, 4.69) is 26.1 Å². The van der Waals surface area contributed by atoms with E-state index in [4.69, 9.17) is 5.73 Å². The first-order valence-corrected chi connectivity index (χ1v) is 8.62. The Kier molecular flexibility index (Phi) is 5.14. The zero-order valence-corrected chi connectivity index (χ0v) is 13.6. The normalized spacial score (nSPS) is 42.9. The minimum Gasteiger partial charge on any atom is -0.389 e. The van der Waals surface area contributed by atoms with E-state index in [1.54, 1.807) is 0 Å². The van der Waals surface area contributed by atoms with E-state index in [1.807, 2.05) is 0 Å². The third kappa shape index (κ3) is 2.65. The SMILES string of the molecule is CCC1CNCCC1(O)C1(CN)CCC(C(C)C)CC1. The quantitative estimate of drug-likeness (QED) is 0.742. The van der Waals surface area contributed by atoms with Crippen molar-refractivity contribution in [1.29, 1.82) is 0 Å². The molecule has 3 nitrogen and oxygen atoms in total. The van der Waals surface area contributed by atoms with Crippen LogP contribution in [-0.4, -0.2) is 30.3 Å². The minimum atomic E-state index is -0.552. The van der Waals surface area contributed by atoms with Gasteiger partial charge >= 0.3 is 0 Å². The van der Waals surface area contributed by atoms with Gasteiger partial charge in [0.25, 0.3) is 0 Å². The maximum Gasteiger partial charge on any atom is 0.0767 e. The molecule has 0 aromatic carbocycles. The lowest BCUT2D eigenvalue weighted by Gasteiger charge is -2.56. The van der Waals surface area contributed by atoms with E-state index >= 15 is 0 Å². The van der Waals surface area contributed by atoms with Gasteiger partial charge in [-0.15, -0.1) is 0 Å². The Balaban J connectivity index is 2.18. The van der Waals surface area contributed by atoms with Crippen molar-refractivity contribution in [2.24, 2.45) is 28.9 Å². The lowest BCUT2D eigenvalue weighted by Crippen LogP contribution is -2.63. The number of piperidine rings is 1. The van der Waals surface area contributed by atoms with Crippen molar-refractivity contribution in [3.8, 4) is 0 Å². The zero-order valence-electron chi connectivity index (χ0n) is 13.6. The highest BCUT2D eigenvalue weighted by molar-refractivity contribution is 5.07. The smallest absolute Gasteiger partial charge is 0.0767 e. The molecule has 2 fully saturated rings.